The standard InChI is InChI=1S/C28H26N4O2S/c1-20(21-9-3-2-4-10-21)29-26(33)15-16-32(19-22-11-7-17-34-22)28-23-12-5-6-13-24(23)30-27(31-28)25-14-8-18-35-25/h2-14,17-18,20H,15-16,19H2,1H3,(H,29,33)/t20-/m0/s1. The molecule has 2 aromatic carbocycles. The van der Waals surface area contributed by atoms with Gasteiger partial charge in [-0.3, -0.25) is 4.79 Å². The largest absolute Gasteiger partial charge is 0.467 e. The van der Waals surface area contributed by atoms with Gasteiger partial charge in [0.1, 0.15) is 11.6 Å². The third-order valence-electron chi connectivity index (χ3n) is 5.84. The molecule has 0 bridgehead atoms. The molecule has 0 aliphatic carbocycles. The molecule has 0 aliphatic rings. The van der Waals surface area contributed by atoms with Crippen LogP contribution in [0, 0.1) is 0 Å². The summed E-state index contributed by atoms with van der Waals surface area (Å²) in [5, 5.41) is 6.07. The van der Waals surface area contributed by atoms with Crippen LogP contribution in [0.2, 0.25) is 0 Å². The van der Waals surface area contributed by atoms with Crippen LogP contribution in [0.5, 0.6) is 0 Å². The van der Waals surface area contributed by atoms with Crippen molar-refractivity contribution >= 4 is 34.0 Å². The topological polar surface area (TPSA) is 71.3 Å². The number of para-hydroxylation sites is 1. The van der Waals surface area contributed by atoms with Gasteiger partial charge < -0.3 is 14.6 Å². The molecule has 0 radical (unpaired) electrons. The Kier molecular flexibility index (Phi) is 6.86. The van der Waals surface area contributed by atoms with E-state index in [0.717, 1.165) is 32.9 Å². The molecule has 6 nitrogen and oxygen atoms in total. The maximum absolute atomic E-state index is 12.9. The number of anilines is 1. The maximum Gasteiger partial charge on any atom is 0.222 e. The number of fused-ring (bicyclic) bond motifs is 1. The highest BCUT2D eigenvalue weighted by Gasteiger charge is 2.19. The number of carbonyl (C=O) groups is 1. The lowest BCUT2D eigenvalue weighted by atomic mass is 10.1. The van der Waals surface area contributed by atoms with E-state index in [-0.39, 0.29) is 11.9 Å². The molecule has 1 atom stereocenters. The monoisotopic (exact) mass is 482 g/mol. The fourth-order valence-electron chi connectivity index (χ4n) is 4.04. The summed E-state index contributed by atoms with van der Waals surface area (Å²) >= 11 is 1.61. The zero-order chi connectivity index (χ0) is 24.0. The first-order valence-corrected chi connectivity index (χ1v) is 12.5. The summed E-state index contributed by atoms with van der Waals surface area (Å²) < 4.78 is 5.65. The minimum atomic E-state index is -0.0625. The highest BCUT2D eigenvalue weighted by Crippen LogP contribution is 2.30. The third-order valence-corrected chi connectivity index (χ3v) is 6.70. The van der Waals surface area contributed by atoms with E-state index in [2.05, 4.69) is 10.2 Å². The van der Waals surface area contributed by atoms with Gasteiger partial charge in [0, 0.05) is 18.4 Å². The van der Waals surface area contributed by atoms with E-state index in [1.54, 1.807) is 17.6 Å². The predicted octanol–water partition coefficient (Wildman–Crippen LogP) is 6.23. The van der Waals surface area contributed by atoms with E-state index in [1.165, 1.54) is 0 Å². The smallest absolute Gasteiger partial charge is 0.222 e. The molecular formula is C28H26N4O2S. The van der Waals surface area contributed by atoms with Gasteiger partial charge in [-0.15, -0.1) is 11.3 Å². The fourth-order valence-corrected chi connectivity index (χ4v) is 4.70. The number of hydrogen-bond acceptors (Lipinski definition) is 6. The number of rotatable bonds is 9. The Hall–Kier alpha value is -3.97. The number of nitrogens with one attached hydrogen (secondary N) is 1. The molecule has 3 heterocycles. The first-order chi connectivity index (χ1) is 17.2. The molecule has 0 saturated heterocycles. The van der Waals surface area contributed by atoms with Gasteiger partial charge in [-0.05, 0) is 48.2 Å². The number of aromatic nitrogens is 2. The Morgan fingerprint density at radius 1 is 1.00 bits per heavy atom. The van der Waals surface area contributed by atoms with Crippen LogP contribution >= 0.6 is 11.3 Å². The van der Waals surface area contributed by atoms with Crippen molar-refractivity contribution in [3.8, 4) is 10.7 Å². The number of thiophene rings is 1. The van der Waals surface area contributed by atoms with Gasteiger partial charge in [-0.25, -0.2) is 9.97 Å². The van der Waals surface area contributed by atoms with Gasteiger partial charge in [0.2, 0.25) is 5.91 Å². The van der Waals surface area contributed by atoms with Crippen LogP contribution in [0.15, 0.2) is 94.9 Å². The molecule has 5 rings (SSSR count). The molecule has 0 aliphatic heterocycles. The van der Waals surface area contributed by atoms with Gasteiger partial charge in [-0.1, -0.05) is 48.5 Å². The van der Waals surface area contributed by atoms with Crippen LogP contribution in [-0.2, 0) is 11.3 Å². The van der Waals surface area contributed by atoms with E-state index in [1.807, 2.05) is 91.2 Å². The number of benzene rings is 2. The Labute approximate surface area is 208 Å². The van der Waals surface area contributed by atoms with E-state index in [9.17, 15) is 4.79 Å². The Balaban J connectivity index is 1.43. The normalized spacial score (nSPS) is 11.9. The second kappa shape index (κ2) is 10.5. The Morgan fingerprint density at radius 2 is 1.83 bits per heavy atom. The van der Waals surface area contributed by atoms with Crippen molar-refractivity contribution in [3.63, 3.8) is 0 Å². The lowest BCUT2D eigenvalue weighted by Crippen LogP contribution is -2.32. The molecule has 176 valence electrons. The van der Waals surface area contributed by atoms with Gasteiger partial charge in [0.15, 0.2) is 5.82 Å². The highest BCUT2D eigenvalue weighted by molar-refractivity contribution is 7.13. The molecule has 7 heteroatoms. The van der Waals surface area contributed by atoms with Crippen molar-refractivity contribution < 1.29 is 9.21 Å². The molecule has 35 heavy (non-hydrogen) atoms. The van der Waals surface area contributed by atoms with E-state index < -0.39 is 0 Å². The van der Waals surface area contributed by atoms with Gasteiger partial charge in [0.25, 0.3) is 0 Å². The SMILES string of the molecule is C[C@H](NC(=O)CCN(Cc1ccco1)c1nc(-c2cccs2)nc2ccccc12)c1ccccc1. The van der Waals surface area contributed by atoms with Gasteiger partial charge in [-0.2, -0.15) is 0 Å². The lowest BCUT2D eigenvalue weighted by Gasteiger charge is -2.25. The summed E-state index contributed by atoms with van der Waals surface area (Å²) in [7, 11) is 0. The van der Waals surface area contributed by atoms with Crippen LogP contribution in [-0.4, -0.2) is 22.4 Å². The summed E-state index contributed by atoms with van der Waals surface area (Å²) in [5.74, 6) is 2.27. The summed E-state index contributed by atoms with van der Waals surface area (Å²) in [6, 6.07) is 25.7. The lowest BCUT2D eigenvalue weighted by molar-refractivity contribution is -0.121. The minimum Gasteiger partial charge on any atom is -0.467 e. The second-order valence-electron chi connectivity index (χ2n) is 8.32. The molecule has 0 spiro atoms. The molecular weight excluding hydrogens is 456 g/mol. The molecule has 0 unspecified atom stereocenters. The van der Waals surface area contributed by atoms with Crippen LogP contribution in [0.4, 0.5) is 5.82 Å². The fraction of sp³-hybridized carbons (Fsp3) is 0.179. The summed E-state index contributed by atoms with van der Waals surface area (Å²) in [6.07, 6.45) is 1.99. The van der Waals surface area contributed by atoms with Crippen molar-refractivity contribution in [2.45, 2.75) is 25.9 Å². The van der Waals surface area contributed by atoms with Crippen LogP contribution in [0.3, 0.4) is 0 Å². The maximum atomic E-state index is 12.9. The number of hydrogen-bond donors (Lipinski definition) is 1. The molecule has 1 N–H and O–H groups in total. The van der Waals surface area contributed by atoms with E-state index in [0.29, 0.717) is 25.3 Å². The van der Waals surface area contributed by atoms with Crippen LogP contribution < -0.4 is 10.2 Å². The van der Waals surface area contributed by atoms with Gasteiger partial charge in [0.05, 0.1) is 29.2 Å². The quantitative estimate of drug-likeness (QED) is 0.270. The molecule has 0 fully saturated rings. The first kappa shape index (κ1) is 22.8. The molecule has 1 amide bonds. The van der Waals surface area contributed by atoms with Crippen LogP contribution in [0.25, 0.3) is 21.6 Å². The molecule has 3 aromatic heterocycles. The Morgan fingerprint density at radius 3 is 2.60 bits per heavy atom. The zero-order valence-electron chi connectivity index (χ0n) is 19.4. The van der Waals surface area contributed by atoms with Crippen molar-refractivity contribution in [1.29, 1.82) is 0 Å². The van der Waals surface area contributed by atoms with Crippen molar-refractivity contribution in [2.75, 3.05) is 11.4 Å². The summed E-state index contributed by atoms with van der Waals surface area (Å²) in [6.45, 7) is 2.98. The average Bonchev–Trinajstić information content (AvgIpc) is 3.61. The number of amides is 1. The number of carbonyl (C=O) groups excluding carboxylic acids is 1. The third kappa shape index (κ3) is 5.41. The predicted molar refractivity (Wildman–Crippen MR) is 140 cm³/mol. The summed E-state index contributed by atoms with van der Waals surface area (Å²) in [4.78, 5) is 25.8. The van der Waals surface area contributed by atoms with E-state index in [4.69, 9.17) is 14.4 Å². The minimum absolute atomic E-state index is 0.0114. The van der Waals surface area contributed by atoms with Crippen molar-refractivity contribution in [2.24, 2.45) is 0 Å². The Bertz CT molecular complexity index is 1390. The number of furan rings is 1. The highest BCUT2D eigenvalue weighted by atomic mass is 32.1. The summed E-state index contributed by atoms with van der Waals surface area (Å²) in [5.41, 5.74) is 1.95. The molecule has 0 saturated carbocycles. The zero-order valence-corrected chi connectivity index (χ0v) is 20.2. The second-order valence-corrected chi connectivity index (χ2v) is 9.26. The van der Waals surface area contributed by atoms with Crippen molar-refractivity contribution in [3.05, 3.63) is 102 Å². The van der Waals surface area contributed by atoms with Gasteiger partial charge >= 0.3 is 0 Å². The average molecular weight is 483 g/mol. The van der Waals surface area contributed by atoms with Crippen LogP contribution in [0.1, 0.15) is 30.7 Å². The van der Waals surface area contributed by atoms with E-state index >= 15 is 0 Å². The number of nitrogens with zero attached hydrogens (tertiary/aromatic N) is 3. The molecule has 5 aromatic rings. The first-order valence-electron chi connectivity index (χ1n) is 11.6. The van der Waals surface area contributed by atoms with Crippen molar-refractivity contribution in [1.82, 2.24) is 15.3 Å².